The number of ether oxygens (including phenoxy) is 2. The van der Waals surface area contributed by atoms with E-state index >= 15 is 0 Å². The lowest BCUT2D eigenvalue weighted by molar-refractivity contribution is 0.278. The smallest absolute Gasteiger partial charge is 0.164 e. The predicted molar refractivity (Wildman–Crippen MR) is 108 cm³/mol. The van der Waals surface area contributed by atoms with Crippen LogP contribution in [0.5, 0.6) is 11.5 Å². The van der Waals surface area contributed by atoms with Crippen molar-refractivity contribution in [1.29, 1.82) is 0 Å². The Bertz CT molecular complexity index is 1180. The average Bonchev–Trinajstić information content (AvgIpc) is 3.12. The van der Waals surface area contributed by atoms with Crippen molar-refractivity contribution >= 4 is 22.6 Å². The van der Waals surface area contributed by atoms with Crippen LogP contribution in [0.1, 0.15) is 16.7 Å². The van der Waals surface area contributed by atoms with Gasteiger partial charge in [0.15, 0.2) is 11.5 Å². The van der Waals surface area contributed by atoms with Gasteiger partial charge in [-0.2, -0.15) is 0 Å². The number of fused-ring (bicyclic) bond motifs is 1. The quantitative estimate of drug-likeness (QED) is 0.442. The van der Waals surface area contributed by atoms with Crippen molar-refractivity contribution in [2.45, 2.75) is 13.0 Å². The number of hydrogen-bond donors (Lipinski definition) is 1. The molecule has 2 heterocycles. The number of halogens is 3. The summed E-state index contributed by atoms with van der Waals surface area (Å²) in [7, 11) is 1.47. The van der Waals surface area contributed by atoms with Gasteiger partial charge in [0.1, 0.15) is 23.9 Å². The molecule has 0 fully saturated rings. The van der Waals surface area contributed by atoms with Crippen molar-refractivity contribution < 1.29 is 18.3 Å². The molecule has 2 aromatic carbocycles. The third-order valence-electron chi connectivity index (χ3n) is 4.65. The van der Waals surface area contributed by atoms with E-state index in [9.17, 15) is 8.78 Å². The number of nitrogens with one attached hydrogen (secondary N) is 1. The largest absolute Gasteiger partial charge is 0.493 e. The molecule has 0 radical (unpaired) electrons. The first-order valence-corrected chi connectivity index (χ1v) is 9.27. The van der Waals surface area contributed by atoms with Crippen LogP contribution in [0.25, 0.3) is 11.0 Å². The molecule has 1 N–H and O–H groups in total. The van der Waals surface area contributed by atoms with Gasteiger partial charge in [-0.15, -0.1) is 0 Å². The van der Waals surface area contributed by atoms with Crippen LogP contribution in [-0.4, -0.2) is 17.1 Å². The molecule has 29 heavy (non-hydrogen) atoms. The molecule has 4 aromatic rings. The van der Waals surface area contributed by atoms with Gasteiger partial charge in [-0.05, 0) is 41.5 Å². The Kier molecular flexibility index (Phi) is 5.36. The summed E-state index contributed by atoms with van der Waals surface area (Å²) >= 11 is 5.76. The maximum absolute atomic E-state index is 14.8. The third kappa shape index (κ3) is 4.03. The maximum atomic E-state index is 14.8. The minimum Gasteiger partial charge on any atom is -0.493 e. The molecule has 0 saturated carbocycles. The number of rotatable bonds is 6. The lowest BCUT2D eigenvalue weighted by Crippen LogP contribution is -2.02. The van der Waals surface area contributed by atoms with Crippen molar-refractivity contribution in [2.75, 3.05) is 7.11 Å². The second-order valence-corrected chi connectivity index (χ2v) is 6.95. The van der Waals surface area contributed by atoms with Gasteiger partial charge in [0.2, 0.25) is 0 Å². The van der Waals surface area contributed by atoms with Crippen molar-refractivity contribution in [3.63, 3.8) is 0 Å². The molecule has 0 amide bonds. The van der Waals surface area contributed by atoms with E-state index in [0.29, 0.717) is 28.3 Å². The van der Waals surface area contributed by atoms with Gasteiger partial charge in [-0.1, -0.05) is 17.7 Å². The molecule has 0 atom stereocenters. The Balaban J connectivity index is 1.58. The number of H-pyrrole nitrogens is 1. The molecule has 0 spiro atoms. The maximum Gasteiger partial charge on any atom is 0.164 e. The average molecular weight is 415 g/mol. The van der Waals surface area contributed by atoms with E-state index in [-0.39, 0.29) is 12.4 Å². The lowest BCUT2D eigenvalue weighted by Gasteiger charge is -2.14. The number of pyridine rings is 1. The number of aromatic amines is 1. The Morgan fingerprint density at radius 3 is 2.62 bits per heavy atom. The first kappa shape index (κ1) is 19.2. The summed E-state index contributed by atoms with van der Waals surface area (Å²) in [5.74, 6) is -0.352. The number of hydrogen-bond acceptors (Lipinski definition) is 3. The van der Waals surface area contributed by atoms with Crippen molar-refractivity contribution in [3.05, 3.63) is 88.2 Å². The molecule has 0 aliphatic carbocycles. The molecular formula is C22H17ClF2N2O2. The molecule has 0 bridgehead atoms. The molecular weight excluding hydrogens is 398 g/mol. The normalized spacial score (nSPS) is 11.0. The summed E-state index contributed by atoms with van der Waals surface area (Å²) in [6, 6.07) is 10.9. The van der Waals surface area contributed by atoms with E-state index in [1.807, 2.05) is 18.3 Å². The topological polar surface area (TPSA) is 47.1 Å². The molecule has 0 unspecified atom stereocenters. The zero-order valence-electron chi connectivity index (χ0n) is 15.5. The molecule has 148 valence electrons. The first-order chi connectivity index (χ1) is 14.0. The summed E-state index contributed by atoms with van der Waals surface area (Å²) in [4.78, 5) is 7.33. The Morgan fingerprint density at radius 2 is 1.83 bits per heavy atom. The second kappa shape index (κ2) is 8.09. The van der Waals surface area contributed by atoms with E-state index in [2.05, 4.69) is 9.97 Å². The van der Waals surface area contributed by atoms with Crippen LogP contribution in [0, 0.1) is 11.6 Å². The lowest BCUT2D eigenvalue weighted by atomic mass is 10.0. The Hall–Kier alpha value is -3.12. The van der Waals surface area contributed by atoms with E-state index in [4.69, 9.17) is 21.1 Å². The molecule has 0 aliphatic rings. The van der Waals surface area contributed by atoms with Crippen molar-refractivity contribution in [2.24, 2.45) is 0 Å². The van der Waals surface area contributed by atoms with Crippen LogP contribution >= 0.6 is 11.6 Å². The second-order valence-electron chi connectivity index (χ2n) is 6.51. The highest BCUT2D eigenvalue weighted by Gasteiger charge is 2.15. The van der Waals surface area contributed by atoms with Crippen LogP contribution in [0.4, 0.5) is 8.78 Å². The zero-order chi connectivity index (χ0) is 20.4. The van der Waals surface area contributed by atoms with E-state index in [1.165, 1.54) is 25.3 Å². The van der Waals surface area contributed by atoms with Crippen LogP contribution in [0.2, 0.25) is 5.02 Å². The van der Waals surface area contributed by atoms with Gasteiger partial charge in [0.25, 0.3) is 0 Å². The molecule has 0 saturated heterocycles. The summed E-state index contributed by atoms with van der Waals surface area (Å²) in [6.07, 6.45) is 3.87. The highest BCUT2D eigenvalue weighted by molar-refractivity contribution is 6.30. The Morgan fingerprint density at radius 1 is 1.00 bits per heavy atom. The predicted octanol–water partition coefficient (Wildman–Crippen LogP) is 5.67. The summed E-state index contributed by atoms with van der Waals surface area (Å²) in [6.45, 7) is -0.0771. The van der Waals surface area contributed by atoms with Gasteiger partial charge in [0, 0.05) is 40.9 Å². The monoisotopic (exact) mass is 414 g/mol. The van der Waals surface area contributed by atoms with Gasteiger partial charge < -0.3 is 14.5 Å². The molecule has 4 rings (SSSR count). The van der Waals surface area contributed by atoms with E-state index in [0.717, 1.165) is 16.6 Å². The fourth-order valence-corrected chi connectivity index (χ4v) is 3.30. The fraction of sp³-hybridized carbons (Fsp3) is 0.136. The highest BCUT2D eigenvalue weighted by Crippen LogP contribution is 2.33. The van der Waals surface area contributed by atoms with Gasteiger partial charge in [-0.25, -0.2) is 13.8 Å². The first-order valence-electron chi connectivity index (χ1n) is 8.89. The highest BCUT2D eigenvalue weighted by atomic mass is 35.5. The van der Waals surface area contributed by atoms with E-state index < -0.39 is 11.6 Å². The SMILES string of the molecule is COc1cc(Cc2c[nH]c3ncccc23)c(F)cc1OCc1ccc(Cl)cc1F. The minimum atomic E-state index is -0.485. The number of methoxy groups -OCH3 is 1. The molecule has 4 nitrogen and oxygen atoms in total. The van der Waals surface area contributed by atoms with Gasteiger partial charge >= 0.3 is 0 Å². The van der Waals surface area contributed by atoms with E-state index in [1.54, 1.807) is 18.3 Å². The summed E-state index contributed by atoms with van der Waals surface area (Å²) in [5.41, 5.74) is 2.44. The van der Waals surface area contributed by atoms with Crippen LogP contribution in [0.3, 0.4) is 0 Å². The third-order valence-corrected chi connectivity index (χ3v) is 4.88. The van der Waals surface area contributed by atoms with Gasteiger partial charge in [0.05, 0.1) is 7.11 Å². The van der Waals surface area contributed by atoms with Crippen LogP contribution in [0.15, 0.2) is 54.9 Å². The van der Waals surface area contributed by atoms with Gasteiger partial charge in [-0.3, -0.25) is 0 Å². The summed E-state index contributed by atoms with van der Waals surface area (Å²) in [5, 5.41) is 1.23. The number of benzene rings is 2. The van der Waals surface area contributed by atoms with Crippen molar-refractivity contribution in [3.8, 4) is 11.5 Å². The standard InChI is InChI=1S/C22H17ClF2N2O2/c1-28-20-8-14(7-15-11-27-22-17(15)3-2-6-26-22)19(25)10-21(20)29-12-13-4-5-16(23)9-18(13)24/h2-6,8-11H,7,12H2,1H3,(H,26,27). The molecule has 7 heteroatoms. The zero-order valence-corrected chi connectivity index (χ0v) is 16.3. The van der Waals surface area contributed by atoms with Crippen LogP contribution in [-0.2, 0) is 13.0 Å². The number of aromatic nitrogens is 2. The molecule has 0 aliphatic heterocycles. The minimum absolute atomic E-state index is 0.0771. The van der Waals surface area contributed by atoms with Crippen molar-refractivity contribution in [1.82, 2.24) is 9.97 Å². The molecule has 2 aromatic heterocycles. The Labute approximate surface area is 171 Å². The number of nitrogens with zero attached hydrogens (tertiary/aromatic N) is 1. The fourth-order valence-electron chi connectivity index (χ4n) is 3.14. The van der Waals surface area contributed by atoms with Crippen LogP contribution < -0.4 is 9.47 Å². The summed E-state index contributed by atoms with van der Waals surface area (Å²) < 4.78 is 39.7.